The van der Waals surface area contributed by atoms with Crippen LogP contribution in [0.5, 0.6) is 0 Å². The van der Waals surface area contributed by atoms with Crippen molar-refractivity contribution >= 4 is 35.1 Å². The van der Waals surface area contributed by atoms with E-state index in [1.807, 2.05) is 4.90 Å². The predicted octanol–water partition coefficient (Wildman–Crippen LogP) is 2.76. The van der Waals surface area contributed by atoms with E-state index in [9.17, 15) is 22.8 Å². The SMILES string of the molecule is CC(C(=O)N1CCN(c2ncccn2)CC1)N(C)CC(=O)Nc1ccc(Cl)c(C(F)(F)F)c1. The lowest BCUT2D eigenvalue weighted by Crippen LogP contribution is -2.54. The van der Waals surface area contributed by atoms with Gasteiger partial charge in [0, 0.05) is 44.3 Å². The third-order valence-corrected chi connectivity index (χ3v) is 5.72. The first-order chi connectivity index (χ1) is 15.6. The summed E-state index contributed by atoms with van der Waals surface area (Å²) >= 11 is 5.60. The third kappa shape index (κ3) is 6.32. The number of hydrogen-bond acceptors (Lipinski definition) is 6. The van der Waals surface area contributed by atoms with E-state index in [1.165, 1.54) is 6.07 Å². The van der Waals surface area contributed by atoms with E-state index in [4.69, 9.17) is 11.6 Å². The van der Waals surface area contributed by atoms with Gasteiger partial charge in [-0.3, -0.25) is 14.5 Å². The van der Waals surface area contributed by atoms with E-state index in [0.717, 1.165) is 12.1 Å². The van der Waals surface area contributed by atoms with Gasteiger partial charge in [0.1, 0.15) is 0 Å². The normalized spacial score (nSPS) is 15.5. The lowest BCUT2D eigenvalue weighted by Gasteiger charge is -2.37. The minimum absolute atomic E-state index is 0.0247. The number of hydrogen-bond donors (Lipinski definition) is 1. The molecule has 1 saturated heterocycles. The maximum absolute atomic E-state index is 13.0. The molecule has 2 aromatic rings. The zero-order valence-electron chi connectivity index (χ0n) is 18.1. The van der Waals surface area contributed by atoms with Gasteiger partial charge in [-0.1, -0.05) is 11.6 Å². The van der Waals surface area contributed by atoms with Crippen molar-refractivity contribution in [2.24, 2.45) is 0 Å². The largest absolute Gasteiger partial charge is 0.417 e. The van der Waals surface area contributed by atoms with E-state index < -0.39 is 28.7 Å². The van der Waals surface area contributed by atoms with Crippen LogP contribution in [0.2, 0.25) is 5.02 Å². The number of halogens is 4. The molecule has 0 radical (unpaired) electrons. The van der Waals surface area contributed by atoms with E-state index in [0.29, 0.717) is 32.1 Å². The summed E-state index contributed by atoms with van der Waals surface area (Å²) in [7, 11) is 1.61. The van der Waals surface area contributed by atoms with Crippen LogP contribution >= 0.6 is 11.6 Å². The Bertz CT molecular complexity index is 984. The van der Waals surface area contributed by atoms with Gasteiger partial charge in [-0.25, -0.2) is 9.97 Å². The van der Waals surface area contributed by atoms with Crippen molar-refractivity contribution in [3.05, 3.63) is 47.2 Å². The number of aromatic nitrogens is 2. The monoisotopic (exact) mass is 484 g/mol. The molecular formula is C21H24ClF3N6O2. The quantitative estimate of drug-likeness (QED) is 0.679. The van der Waals surface area contributed by atoms with Crippen molar-refractivity contribution in [3.63, 3.8) is 0 Å². The van der Waals surface area contributed by atoms with Crippen LogP contribution in [0.4, 0.5) is 24.8 Å². The van der Waals surface area contributed by atoms with Crippen LogP contribution in [0.1, 0.15) is 12.5 Å². The van der Waals surface area contributed by atoms with Gasteiger partial charge in [-0.05, 0) is 38.2 Å². The molecule has 1 aliphatic rings. The maximum Gasteiger partial charge on any atom is 0.417 e. The lowest BCUT2D eigenvalue weighted by atomic mass is 10.2. The highest BCUT2D eigenvalue weighted by Crippen LogP contribution is 2.36. The highest BCUT2D eigenvalue weighted by molar-refractivity contribution is 6.31. The molecule has 0 spiro atoms. The zero-order chi connectivity index (χ0) is 24.2. The van der Waals surface area contributed by atoms with Gasteiger partial charge < -0.3 is 15.1 Å². The molecule has 0 aliphatic carbocycles. The molecular weight excluding hydrogens is 461 g/mol. The summed E-state index contributed by atoms with van der Waals surface area (Å²) in [5.74, 6) is -0.0641. The molecule has 1 fully saturated rings. The maximum atomic E-state index is 13.0. The molecule has 33 heavy (non-hydrogen) atoms. The van der Waals surface area contributed by atoms with Gasteiger partial charge in [0.05, 0.1) is 23.2 Å². The second-order valence-electron chi connectivity index (χ2n) is 7.69. The van der Waals surface area contributed by atoms with Crippen LogP contribution in [0.15, 0.2) is 36.7 Å². The Labute approximate surface area is 194 Å². The van der Waals surface area contributed by atoms with Gasteiger partial charge in [0.2, 0.25) is 17.8 Å². The number of likely N-dealkylation sites (N-methyl/N-ethyl adjacent to an activating group) is 1. The number of benzene rings is 1. The molecule has 1 aromatic carbocycles. The molecule has 8 nitrogen and oxygen atoms in total. The molecule has 1 aromatic heterocycles. The van der Waals surface area contributed by atoms with Crippen molar-refractivity contribution in [1.82, 2.24) is 19.8 Å². The van der Waals surface area contributed by atoms with Crippen molar-refractivity contribution in [1.29, 1.82) is 0 Å². The number of rotatable bonds is 6. The van der Waals surface area contributed by atoms with Crippen LogP contribution < -0.4 is 10.2 Å². The van der Waals surface area contributed by atoms with Crippen molar-refractivity contribution in [3.8, 4) is 0 Å². The van der Waals surface area contributed by atoms with Gasteiger partial charge >= 0.3 is 6.18 Å². The number of amides is 2. The molecule has 12 heteroatoms. The first-order valence-corrected chi connectivity index (χ1v) is 10.6. The van der Waals surface area contributed by atoms with Crippen LogP contribution in [-0.4, -0.2) is 77.4 Å². The fraction of sp³-hybridized carbons (Fsp3) is 0.429. The fourth-order valence-electron chi connectivity index (χ4n) is 3.42. The summed E-state index contributed by atoms with van der Waals surface area (Å²) < 4.78 is 39.0. The number of nitrogens with zero attached hydrogens (tertiary/aromatic N) is 5. The average Bonchev–Trinajstić information content (AvgIpc) is 2.79. The van der Waals surface area contributed by atoms with Crippen LogP contribution in [0, 0.1) is 0 Å². The number of nitrogens with one attached hydrogen (secondary N) is 1. The van der Waals surface area contributed by atoms with E-state index in [1.54, 1.807) is 42.2 Å². The fourth-order valence-corrected chi connectivity index (χ4v) is 3.64. The van der Waals surface area contributed by atoms with Crippen molar-refractivity contribution in [2.45, 2.75) is 19.1 Å². The summed E-state index contributed by atoms with van der Waals surface area (Å²) in [6, 6.07) is 4.30. The Kier molecular flexibility index (Phi) is 7.75. The number of carbonyl (C=O) groups excluding carboxylic acids is 2. The molecule has 1 unspecified atom stereocenters. The molecule has 2 heterocycles. The Hall–Kier alpha value is -2.92. The van der Waals surface area contributed by atoms with Gasteiger partial charge in [-0.2, -0.15) is 13.2 Å². The minimum Gasteiger partial charge on any atom is -0.338 e. The average molecular weight is 485 g/mol. The number of piperazine rings is 1. The van der Waals surface area contributed by atoms with Crippen LogP contribution in [-0.2, 0) is 15.8 Å². The molecule has 3 rings (SSSR count). The molecule has 0 saturated carbocycles. The smallest absolute Gasteiger partial charge is 0.338 e. The summed E-state index contributed by atoms with van der Waals surface area (Å²) in [5.41, 5.74) is -1.05. The molecule has 178 valence electrons. The molecule has 1 atom stereocenters. The van der Waals surface area contributed by atoms with Crippen LogP contribution in [0.25, 0.3) is 0 Å². The second-order valence-corrected chi connectivity index (χ2v) is 8.10. The standard InChI is InChI=1S/C21H24ClF3N6O2/c1-14(19(33)30-8-10-31(11-9-30)20-26-6-3-7-27-20)29(2)13-18(32)28-15-4-5-17(22)16(12-15)21(23,24)25/h3-7,12,14H,8-11,13H2,1-2H3,(H,28,32). The highest BCUT2D eigenvalue weighted by Gasteiger charge is 2.33. The third-order valence-electron chi connectivity index (χ3n) is 5.39. The summed E-state index contributed by atoms with van der Waals surface area (Å²) in [6.45, 7) is 3.68. The molecule has 1 aliphatic heterocycles. The van der Waals surface area contributed by atoms with E-state index >= 15 is 0 Å². The number of anilines is 2. The van der Waals surface area contributed by atoms with Crippen molar-refractivity contribution in [2.75, 3.05) is 50.0 Å². The number of alkyl halides is 3. The van der Waals surface area contributed by atoms with Gasteiger partial charge in [-0.15, -0.1) is 0 Å². The molecule has 1 N–H and O–H groups in total. The topological polar surface area (TPSA) is 81.7 Å². The first-order valence-electron chi connectivity index (χ1n) is 10.2. The summed E-state index contributed by atoms with van der Waals surface area (Å²) in [4.78, 5) is 38.9. The Morgan fingerprint density at radius 1 is 1.18 bits per heavy atom. The molecule has 2 amide bonds. The minimum atomic E-state index is -4.63. The Morgan fingerprint density at radius 3 is 2.42 bits per heavy atom. The summed E-state index contributed by atoms with van der Waals surface area (Å²) in [5, 5.41) is 1.98. The summed E-state index contributed by atoms with van der Waals surface area (Å²) in [6.07, 6.45) is -1.31. The Balaban J connectivity index is 1.52. The van der Waals surface area contributed by atoms with Crippen LogP contribution in [0.3, 0.4) is 0 Å². The van der Waals surface area contributed by atoms with E-state index in [2.05, 4.69) is 15.3 Å². The van der Waals surface area contributed by atoms with E-state index in [-0.39, 0.29) is 18.1 Å². The van der Waals surface area contributed by atoms with Crippen molar-refractivity contribution < 1.29 is 22.8 Å². The predicted molar refractivity (Wildman–Crippen MR) is 118 cm³/mol. The molecule has 0 bridgehead atoms. The second kappa shape index (κ2) is 10.3. The van der Waals surface area contributed by atoms with Gasteiger partial charge in [0.25, 0.3) is 0 Å². The first kappa shape index (κ1) is 24.7. The highest BCUT2D eigenvalue weighted by atomic mass is 35.5. The number of carbonyl (C=O) groups is 2. The Morgan fingerprint density at radius 2 is 1.82 bits per heavy atom. The zero-order valence-corrected chi connectivity index (χ0v) is 18.9. The lowest BCUT2D eigenvalue weighted by molar-refractivity contribution is -0.138. The van der Waals surface area contributed by atoms with Gasteiger partial charge in [0.15, 0.2) is 0 Å².